The van der Waals surface area contributed by atoms with Crippen LogP contribution in [0.4, 0.5) is 14.5 Å². The van der Waals surface area contributed by atoms with Gasteiger partial charge in [-0.05, 0) is 46.3 Å². The van der Waals surface area contributed by atoms with Crippen molar-refractivity contribution in [2.75, 3.05) is 5.32 Å². The predicted octanol–water partition coefficient (Wildman–Crippen LogP) is 4.35. The highest BCUT2D eigenvalue weighted by Crippen LogP contribution is 2.29. The number of aromatic nitrogens is 1. The normalized spacial score (nSPS) is 10.5. The average molecular weight is 378 g/mol. The number of carbonyl (C=O) groups is 1. The summed E-state index contributed by atoms with van der Waals surface area (Å²) in [5.41, 5.74) is 0.554. The molecule has 2 aromatic rings. The van der Waals surface area contributed by atoms with Gasteiger partial charge in [0, 0.05) is 16.4 Å². The summed E-state index contributed by atoms with van der Waals surface area (Å²) in [5, 5.41) is 2.52. The first kappa shape index (κ1) is 15.7. The van der Waals surface area contributed by atoms with E-state index in [0.29, 0.717) is 5.69 Å². The molecule has 0 aliphatic heterocycles. The van der Waals surface area contributed by atoms with Crippen LogP contribution in [0.25, 0.3) is 0 Å². The van der Waals surface area contributed by atoms with Gasteiger partial charge in [-0.25, -0.2) is 4.98 Å². The van der Waals surface area contributed by atoms with Gasteiger partial charge < -0.3 is 10.1 Å². The molecule has 0 spiro atoms. The number of halogens is 4. The Bertz CT molecular complexity index is 653. The molecule has 0 bridgehead atoms. The molecule has 2 rings (SSSR count). The van der Waals surface area contributed by atoms with E-state index >= 15 is 0 Å². The second kappa shape index (κ2) is 6.82. The van der Waals surface area contributed by atoms with Crippen LogP contribution in [0.5, 0.6) is 5.75 Å². The van der Waals surface area contributed by atoms with Gasteiger partial charge >= 0.3 is 6.61 Å². The van der Waals surface area contributed by atoms with Crippen molar-refractivity contribution in [3.8, 4) is 5.75 Å². The number of nitrogens with zero attached hydrogens (tertiary/aromatic N) is 1. The summed E-state index contributed by atoms with van der Waals surface area (Å²) >= 11 is 9.00. The molecule has 0 aliphatic carbocycles. The molecule has 0 saturated heterocycles. The number of hydrogen-bond donors (Lipinski definition) is 1. The van der Waals surface area contributed by atoms with Crippen molar-refractivity contribution in [1.82, 2.24) is 4.98 Å². The van der Waals surface area contributed by atoms with Crippen LogP contribution < -0.4 is 10.1 Å². The molecule has 0 unspecified atom stereocenters. The van der Waals surface area contributed by atoms with Gasteiger partial charge in [0.05, 0.1) is 5.02 Å². The minimum atomic E-state index is -2.96. The van der Waals surface area contributed by atoms with Crippen molar-refractivity contribution in [3.63, 3.8) is 0 Å². The number of carbonyl (C=O) groups excluding carboxylic acids is 1. The number of alkyl halides is 2. The van der Waals surface area contributed by atoms with E-state index in [-0.39, 0.29) is 16.5 Å². The predicted molar refractivity (Wildman–Crippen MR) is 78.0 cm³/mol. The van der Waals surface area contributed by atoms with Gasteiger partial charge in [0.15, 0.2) is 0 Å². The third-order valence-corrected chi connectivity index (χ3v) is 3.13. The maximum Gasteiger partial charge on any atom is 0.387 e. The highest BCUT2D eigenvalue weighted by Gasteiger charge is 2.11. The van der Waals surface area contributed by atoms with E-state index in [4.69, 9.17) is 11.6 Å². The van der Waals surface area contributed by atoms with Crippen molar-refractivity contribution in [3.05, 3.63) is 51.7 Å². The number of amides is 1. The molecule has 1 N–H and O–H groups in total. The maximum atomic E-state index is 12.1. The Hall–Kier alpha value is -1.73. The van der Waals surface area contributed by atoms with E-state index in [2.05, 4.69) is 31.0 Å². The minimum absolute atomic E-state index is 0.0307. The molecule has 1 aromatic heterocycles. The summed E-state index contributed by atoms with van der Waals surface area (Å²) in [6.07, 6.45) is 1.49. The Balaban J connectivity index is 2.11. The van der Waals surface area contributed by atoms with Gasteiger partial charge in [0.2, 0.25) is 0 Å². The number of benzene rings is 1. The highest BCUT2D eigenvalue weighted by atomic mass is 79.9. The molecular weight excluding hydrogens is 370 g/mol. The van der Waals surface area contributed by atoms with E-state index in [9.17, 15) is 13.6 Å². The van der Waals surface area contributed by atoms with E-state index in [0.717, 1.165) is 4.47 Å². The highest BCUT2D eigenvalue weighted by molar-refractivity contribution is 9.10. The quantitative estimate of drug-likeness (QED) is 0.862. The molecule has 4 nitrogen and oxygen atoms in total. The Morgan fingerprint density at radius 2 is 2.10 bits per heavy atom. The Morgan fingerprint density at radius 1 is 1.33 bits per heavy atom. The van der Waals surface area contributed by atoms with Gasteiger partial charge in [-0.3, -0.25) is 4.79 Å². The Kier molecular flexibility index (Phi) is 5.08. The lowest BCUT2D eigenvalue weighted by Gasteiger charge is -2.09. The second-order valence-corrected chi connectivity index (χ2v) is 5.16. The van der Waals surface area contributed by atoms with Crippen LogP contribution in [-0.4, -0.2) is 17.5 Å². The van der Waals surface area contributed by atoms with Crippen LogP contribution in [0, 0.1) is 0 Å². The maximum absolute atomic E-state index is 12.1. The fraction of sp³-hybridized carbons (Fsp3) is 0.0769. The largest absolute Gasteiger partial charge is 0.433 e. The standard InChI is InChI=1S/C13H8BrClF2N2O2/c14-7-1-3-10(18-6-7)12(20)19-8-2-4-11(9(15)5-8)21-13(16)17/h1-6,13H,(H,19,20). The number of nitrogens with one attached hydrogen (secondary N) is 1. The van der Waals surface area contributed by atoms with Crippen LogP contribution in [-0.2, 0) is 0 Å². The van der Waals surface area contributed by atoms with Crippen LogP contribution in [0.1, 0.15) is 10.5 Å². The van der Waals surface area contributed by atoms with E-state index in [1.165, 1.54) is 30.5 Å². The topological polar surface area (TPSA) is 51.2 Å². The smallest absolute Gasteiger partial charge is 0.387 e. The fourth-order valence-corrected chi connectivity index (χ4v) is 1.94. The lowest BCUT2D eigenvalue weighted by molar-refractivity contribution is -0.0497. The van der Waals surface area contributed by atoms with Crippen LogP contribution in [0.2, 0.25) is 5.02 Å². The summed E-state index contributed by atoms with van der Waals surface area (Å²) < 4.78 is 29.2. The first-order chi connectivity index (χ1) is 9.95. The summed E-state index contributed by atoms with van der Waals surface area (Å²) in [6.45, 7) is -2.96. The molecule has 8 heteroatoms. The van der Waals surface area contributed by atoms with Crippen molar-refractivity contribution in [2.24, 2.45) is 0 Å². The van der Waals surface area contributed by atoms with E-state index in [1.54, 1.807) is 6.07 Å². The zero-order valence-corrected chi connectivity index (χ0v) is 12.7. The monoisotopic (exact) mass is 376 g/mol. The number of hydrogen-bond acceptors (Lipinski definition) is 3. The lowest BCUT2D eigenvalue weighted by atomic mass is 10.2. The summed E-state index contributed by atoms with van der Waals surface area (Å²) in [4.78, 5) is 15.9. The van der Waals surface area contributed by atoms with Crippen LogP contribution in [0.3, 0.4) is 0 Å². The molecule has 1 amide bonds. The Labute approximate surface area is 132 Å². The van der Waals surface area contributed by atoms with Gasteiger partial charge in [-0.15, -0.1) is 0 Å². The third-order valence-electron chi connectivity index (χ3n) is 2.37. The number of ether oxygens (including phenoxy) is 1. The summed E-state index contributed by atoms with van der Waals surface area (Å²) in [5.74, 6) is -0.604. The lowest BCUT2D eigenvalue weighted by Crippen LogP contribution is -2.13. The first-order valence-electron chi connectivity index (χ1n) is 5.63. The van der Waals surface area contributed by atoms with Crippen molar-refractivity contribution >= 4 is 39.1 Å². The molecule has 0 aliphatic rings. The minimum Gasteiger partial charge on any atom is -0.433 e. The average Bonchev–Trinajstić information content (AvgIpc) is 2.42. The van der Waals surface area contributed by atoms with Crippen LogP contribution in [0.15, 0.2) is 41.0 Å². The first-order valence-corrected chi connectivity index (χ1v) is 6.80. The number of pyridine rings is 1. The van der Waals surface area contributed by atoms with Crippen molar-refractivity contribution < 1.29 is 18.3 Å². The van der Waals surface area contributed by atoms with Gasteiger partial charge in [-0.2, -0.15) is 8.78 Å². The molecule has 21 heavy (non-hydrogen) atoms. The van der Waals surface area contributed by atoms with Gasteiger partial charge in [-0.1, -0.05) is 11.6 Å². The summed E-state index contributed by atoms with van der Waals surface area (Å²) in [7, 11) is 0. The van der Waals surface area contributed by atoms with Gasteiger partial charge in [0.1, 0.15) is 11.4 Å². The fourth-order valence-electron chi connectivity index (χ4n) is 1.48. The molecule has 0 fully saturated rings. The van der Waals surface area contributed by atoms with E-state index < -0.39 is 12.5 Å². The SMILES string of the molecule is O=C(Nc1ccc(OC(F)F)c(Cl)c1)c1ccc(Br)cn1. The molecule has 1 heterocycles. The van der Waals surface area contributed by atoms with Crippen molar-refractivity contribution in [2.45, 2.75) is 6.61 Å². The van der Waals surface area contributed by atoms with E-state index in [1.807, 2.05) is 0 Å². The Morgan fingerprint density at radius 3 is 2.67 bits per heavy atom. The number of anilines is 1. The third kappa shape index (κ3) is 4.37. The summed E-state index contributed by atoms with van der Waals surface area (Å²) in [6, 6.07) is 7.18. The molecular formula is C13H8BrClF2N2O2. The van der Waals surface area contributed by atoms with Gasteiger partial charge in [0.25, 0.3) is 5.91 Å². The zero-order chi connectivity index (χ0) is 15.4. The zero-order valence-electron chi connectivity index (χ0n) is 10.3. The number of rotatable bonds is 4. The molecule has 1 aromatic carbocycles. The van der Waals surface area contributed by atoms with Crippen LogP contribution >= 0.6 is 27.5 Å². The molecule has 0 atom stereocenters. The van der Waals surface area contributed by atoms with Crippen molar-refractivity contribution in [1.29, 1.82) is 0 Å². The molecule has 0 saturated carbocycles. The second-order valence-electron chi connectivity index (χ2n) is 3.84. The molecule has 0 radical (unpaired) electrons. The molecule has 110 valence electrons.